The average molecular weight is 428 g/mol. The smallest absolute Gasteiger partial charge is 0.265 e. The Hall–Kier alpha value is -3.26. The van der Waals surface area contributed by atoms with E-state index in [-0.39, 0.29) is 18.1 Å². The maximum Gasteiger partial charge on any atom is 0.265 e. The molecule has 1 heterocycles. The fourth-order valence-corrected chi connectivity index (χ4v) is 3.24. The molecule has 0 bridgehead atoms. The van der Waals surface area contributed by atoms with E-state index < -0.39 is 18.1 Å². The van der Waals surface area contributed by atoms with E-state index >= 15 is 0 Å². The molecular weight excluding hydrogens is 399 g/mol. The van der Waals surface area contributed by atoms with Crippen LogP contribution in [0.1, 0.15) is 17.5 Å². The Morgan fingerprint density at radius 3 is 2.68 bits per heavy atom. The Morgan fingerprint density at radius 1 is 1.19 bits per heavy atom. The first kappa shape index (κ1) is 22.4. The summed E-state index contributed by atoms with van der Waals surface area (Å²) in [7, 11) is 4.01. The number of amides is 2. The Morgan fingerprint density at radius 2 is 1.97 bits per heavy atom. The van der Waals surface area contributed by atoms with Crippen LogP contribution in [-0.2, 0) is 20.8 Å². The van der Waals surface area contributed by atoms with Gasteiger partial charge >= 0.3 is 0 Å². The highest BCUT2D eigenvalue weighted by atomic mass is 19.1. The largest absolute Gasteiger partial charge is 0.382 e. The minimum atomic E-state index is -0.865. The van der Waals surface area contributed by atoms with E-state index in [4.69, 9.17) is 4.84 Å². The second kappa shape index (κ2) is 10.7. The average Bonchev–Trinajstić information content (AvgIpc) is 3.24. The predicted molar refractivity (Wildman–Crippen MR) is 115 cm³/mol. The van der Waals surface area contributed by atoms with Crippen molar-refractivity contribution in [3.8, 4) is 0 Å². The number of benzene rings is 2. The Labute approximate surface area is 181 Å². The molecule has 2 atom stereocenters. The van der Waals surface area contributed by atoms with E-state index in [9.17, 15) is 14.0 Å². The van der Waals surface area contributed by atoms with Crippen molar-refractivity contribution in [1.82, 2.24) is 10.6 Å². The van der Waals surface area contributed by atoms with Crippen LogP contribution in [0.25, 0.3) is 0 Å². The number of carbonyl (C=O) groups is 2. The van der Waals surface area contributed by atoms with Gasteiger partial charge in [-0.3, -0.25) is 9.59 Å². The van der Waals surface area contributed by atoms with Gasteiger partial charge in [-0.15, -0.1) is 0 Å². The highest BCUT2D eigenvalue weighted by Crippen LogP contribution is 2.18. The molecule has 1 aliphatic heterocycles. The molecule has 0 saturated heterocycles. The minimum Gasteiger partial charge on any atom is -0.382 e. The summed E-state index contributed by atoms with van der Waals surface area (Å²) < 4.78 is 13.5. The summed E-state index contributed by atoms with van der Waals surface area (Å²) in [5, 5.41) is 9.62. The molecule has 2 aromatic rings. The maximum absolute atomic E-state index is 13.5. The normalized spacial score (nSPS) is 16.4. The van der Waals surface area contributed by atoms with Gasteiger partial charge in [-0.25, -0.2) is 4.39 Å². The second-order valence-corrected chi connectivity index (χ2v) is 7.85. The minimum absolute atomic E-state index is 0.207. The number of nitrogens with zero attached hydrogens (tertiary/aromatic N) is 1. The van der Waals surface area contributed by atoms with Gasteiger partial charge < -0.3 is 20.4 Å². The first-order chi connectivity index (χ1) is 14.9. The third kappa shape index (κ3) is 6.62. The monoisotopic (exact) mass is 427 g/mol. The third-order valence-electron chi connectivity index (χ3n) is 4.96. The first-order valence-electron chi connectivity index (χ1n) is 10.3. The standard InChI is InChI=1S/C23H27FN4O3/c1-28(2)12-11-25-22(29)20(13-16-7-4-3-5-8-16)26-23(30)21-15-19(27-31-21)17-9-6-10-18(24)14-17/h3-10,14,20-21H,11-13,15H2,1-2H3,(H,25,29)(H,26,30)/p+1/t20-,21-/m0/s1. The molecule has 2 aromatic carbocycles. The van der Waals surface area contributed by atoms with Crippen molar-refractivity contribution in [2.45, 2.75) is 25.0 Å². The molecule has 31 heavy (non-hydrogen) atoms. The van der Waals surface area contributed by atoms with Crippen molar-refractivity contribution in [3.63, 3.8) is 0 Å². The number of rotatable bonds is 9. The van der Waals surface area contributed by atoms with Gasteiger partial charge in [-0.05, 0) is 17.7 Å². The molecular formula is C23H28FN4O3+. The van der Waals surface area contributed by atoms with Crippen molar-refractivity contribution in [3.05, 3.63) is 71.5 Å². The highest BCUT2D eigenvalue weighted by molar-refractivity contribution is 6.04. The third-order valence-corrected chi connectivity index (χ3v) is 4.96. The predicted octanol–water partition coefficient (Wildman–Crippen LogP) is 0.307. The zero-order chi connectivity index (χ0) is 22.2. The summed E-state index contributed by atoms with van der Waals surface area (Å²) in [6.45, 7) is 1.28. The Bertz CT molecular complexity index is 933. The van der Waals surface area contributed by atoms with Gasteiger partial charge in [0.25, 0.3) is 5.91 Å². The van der Waals surface area contributed by atoms with Gasteiger partial charge in [0.1, 0.15) is 11.9 Å². The number of quaternary nitrogens is 1. The lowest BCUT2D eigenvalue weighted by Gasteiger charge is -2.20. The molecule has 3 rings (SSSR count). The molecule has 164 valence electrons. The van der Waals surface area contributed by atoms with Crippen LogP contribution in [0.2, 0.25) is 0 Å². The van der Waals surface area contributed by atoms with Crippen molar-refractivity contribution in [1.29, 1.82) is 0 Å². The number of likely N-dealkylation sites (N-methyl/N-ethyl adjacent to an activating group) is 1. The van der Waals surface area contributed by atoms with Crippen molar-refractivity contribution >= 4 is 17.5 Å². The number of nitrogens with one attached hydrogen (secondary N) is 3. The van der Waals surface area contributed by atoms with Crippen LogP contribution >= 0.6 is 0 Å². The molecule has 0 radical (unpaired) electrons. The molecule has 2 amide bonds. The van der Waals surface area contributed by atoms with E-state index in [1.54, 1.807) is 12.1 Å². The van der Waals surface area contributed by atoms with E-state index in [1.807, 2.05) is 44.4 Å². The van der Waals surface area contributed by atoms with Crippen molar-refractivity contribution < 1.29 is 23.7 Å². The molecule has 8 heteroatoms. The van der Waals surface area contributed by atoms with Gasteiger partial charge in [-0.2, -0.15) is 0 Å². The van der Waals surface area contributed by atoms with E-state index in [2.05, 4.69) is 15.8 Å². The molecule has 7 nitrogen and oxygen atoms in total. The molecule has 3 N–H and O–H groups in total. The van der Waals surface area contributed by atoms with Gasteiger partial charge in [-0.1, -0.05) is 47.6 Å². The number of oxime groups is 1. The summed E-state index contributed by atoms with van der Waals surface area (Å²) in [4.78, 5) is 32.1. The van der Waals surface area contributed by atoms with Crippen LogP contribution in [0.4, 0.5) is 4.39 Å². The van der Waals surface area contributed by atoms with Crippen LogP contribution in [0.3, 0.4) is 0 Å². The van der Waals surface area contributed by atoms with E-state index in [0.717, 1.165) is 12.1 Å². The number of hydrogen-bond donors (Lipinski definition) is 3. The van der Waals surface area contributed by atoms with Gasteiger partial charge in [0.2, 0.25) is 12.0 Å². The lowest BCUT2D eigenvalue weighted by atomic mass is 10.0. The summed E-state index contributed by atoms with van der Waals surface area (Å²) in [6.07, 6.45) is -0.299. The van der Waals surface area contributed by atoms with E-state index in [1.165, 1.54) is 17.0 Å². The van der Waals surface area contributed by atoms with Gasteiger partial charge in [0.15, 0.2) is 0 Å². The number of hydrogen-bond acceptors (Lipinski definition) is 4. The number of carbonyl (C=O) groups excluding carboxylic acids is 2. The molecule has 0 fully saturated rings. The Kier molecular flexibility index (Phi) is 7.72. The van der Waals surface area contributed by atoms with Crippen LogP contribution in [0, 0.1) is 5.82 Å². The summed E-state index contributed by atoms with van der Waals surface area (Å²) in [5.41, 5.74) is 2.00. The molecule has 0 spiro atoms. The molecule has 1 aliphatic rings. The van der Waals surface area contributed by atoms with Crippen LogP contribution in [0.15, 0.2) is 59.8 Å². The lowest BCUT2D eigenvalue weighted by molar-refractivity contribution is -0.856. The first-order valence-corrected chi connectivity index (χ1v) is 10.3. The van der Waals surface area contributed by atoms with Crippen molar-refractivity contribution in [2.75, 3.05) is 27.2 Å². The zero-order valence-corrected chi connectivity index (χ0v) is 17.7. The molecule has 0 unspecified atom stereocenters. The number of halogens is 1. The van der Waals surface area contributed by atoms with Gasteiger partial charge in [0.05, 0.1) is 32.9 Å². The molecule has 0 aliphatic carbocycles. The van der Waals surface area contributed by atoms with Gasteiger partial charge in [0, 0.05) is 18.4 Å². The highest BCUT2D eigenvalue weighted by Gasteiger charge is 2.32. The fraction of sp³-hybridized carbons (Fsp3) is 0.348. The summed E-state index contributed by atoms with van der Waals surface area (Å²) >= 11 is 0. The van der Waals surface area contributed by atoms with Crippen LogP contribution in [0.5, 0.6) is 0 Å². The molecule has 0 saturated carbocycles. The van der Waals surface area contributed by atoms with Crippen LogP contribution < -0.4 is 15.5 Å². The quantitative estimate of drug-likeness (QED) is 0.539. The van der Waals surface area contributed by atoms with E-state index in [0.29, 0.717) is 24.2 Å². The topological polar surface area (TPSA) is 84.2 Å². The summed E-state index contributed by atoms with van der Waals surface area (Å²) in [6, 6.07) is 14.7. The van der Waals surface area contributed by atoms with Crippen LogP contribution in [-0.4, -0.2) is 56.9 Å². The SMILES string of the molecule is C[NH+](C)CCNC(=O)[C@H](Cc1ccccc1)NC(=O)[C@@H]1CC(c2cccc(F)c2)=NO1. The zero-order valence-electron chi connectivity index (χ0n) is 17.7. The molecule has 0 aromatic heterocycles. The lowest BCUT2D eigenvalue weighted by Crippen LogP contribution is -3.06. The second-order valence-electron chi connectivity index (χ2n) is 7.85. The van der Waals surface area contributed by atoms with Crippen molar-refractivity contribution in [2.24, 2.45) is 5.16 Å². The maximum atomic E-state index is 13.5. The summed E-state index contributed by atoms with van der Waals surface area (Å²) in [5.74, 6) is -1.06. The fourth-order valence-electron chi connectivity index (χ4n) is 3.24. The Balaban J connectivity index is 1.63.